The second-order valence-corrected chi connectivity index (χ2v) is 11.8. The normalized spacial score (nSPS) is 22.8. The van der Waals surface area contributed by atoms with Gasteiger partial charge in [0.05, 0.1) is 10.6 Å². The minimum absolute atomic E-state index is 0.0258. The van der Waals surface area contributed by atoms with E-state index in [2.05, 4.69) is 19.2 Å². The molecule has 1 aliphatic carbocycles. The molecule has 0 radical (unpaired) electrons. The van der Waals surface area contributed by atoms with E-state index in [9.17, 15) is 18.0 Å². The number of rotatable bonds is 6. The second kappa shape index (κ2) is 10.7. The van der Waals surface area contributed by atoms with Gasteiger partial charge in [-0.05, 0) is 54.0 Å². The van der Waals surface area contributed by atoms with Gasteiger partial charge in [-0.15, -0.1) is 0 Å². The van der Waals surface area contributed by atoms with E-state index < -0.39 is 22.6 Å². The van der Waals surface area contributed by atoms with E-state index >= 15 is 0 Å². The maximum Gasteiger partial charge on any atom is 0.338 e. The summed E-state index contributed by atoms with van der Waals surface area (Å²) in [5, 5.41) is 2.99. The number of hydrogen-bond donors (Lipinski definition) is 1. The Hall–Kier alpha value is -2.42. The predicted octanol–water partition coefficient (Wildman–Crippen LogP) is 4.18. The predicted molar refractivity (Wildman–Crippen MR) is 134 cm³/mol. The van der Waals surface area contributed by atoms with Gasteiger partial charge in [-0.3, -0.25) is 4.79 Å². The summed E-state index contributed by atoms with van der Waals surface area (Å²) in [5.41, 5.74) is 2.09. The molecule has 0 aromatic heterocycles. The summed E-state index contributed by atoms with van der Waals surface area (Å²) in [5.74, 6) is -0.256. The molecule has 188 valence electrons. The largest absolute Gasteiger partial charge is 0.452 e. The van der Waals surface area contributed by atoms with Crippen LogP contribution in [-0.4, -0.2) is 43.8 Å². The Bertz CT molecular complexity index is 1220. The van der Waals surface area contributed by atoms with E-state index in [1.54, 1.807) is 0 Å². The zero-order valence-corrected chi connectivity index (χ0v) is 21.6. The van der Waals surface area contributed by atoms with Crippen molar-refractivity contribution in [1.82, 2.24) is 9.62 Å². The van der Waals surface area contributed by atoms with E-state index in [0.717, 1.165) is 30.4 Å². The fraction of sp³-hybridized carbons (Fsp3) is 0.462. The van der Waals surface area contributed by atoms with Gasteiger partial charge in [0.25, 0.3) is 5.91 Å². The van der Waals surface area contributed by atoms with Crippen LogP contribution in [0.1, 0.15) is 54.6 Å². The standard InChI is InChI=1S/C26H31ClN2O5S/c1-17-6-5-9-23(18(17)2)28-25(30)16-34-26(31)20-10-11-22(27)24(14-20)35(32,33)29-13-12-19-7-3-4-8-21(19)15-29/h3-4,7-8,10-11,14,17-18,23H,5-6,9,12-13,15-16H2,1-2H3,(H,28,30). The van der Waals surface area contributed by atoms with Gasteiger partial charge < -0.3 is 10.1 Å². The summed E-state index contributed by atoms with van der Waals surface area (Å²) in [7, 11) is -3.94. The molecule has 1 fully saturated rings. The molecule has 1 saturated carbocycles. The van der Waals surface area contributed by atoms with Crippen LogP contribution in [0.3, 0.4) is 0 Å². The molecule has 7 nitrogen and oxygen atoms in total. The lowest BCUT2D eigenvalue weighted by atomic mass is 9.78. The molecule has 1 heterocycles. The molecule has 3 atom stereocenters. The number of nitrogens with zero attached hydrogens (tertiary/aromatic N) is 1. The molecule has 1 amide bonds. The molecular weight excluding hydrogens is 488 g/mol. The first-order chi connectivity index (χ1) is 16.7. The smallest absolute Gasteiger partial charge is 0.338 e. The number of carbonyl (C=O) groups excluding carboxylic acids is 2. The summed E-state index contributed by atoms with van der Waals surface area (Å²) in [6.07, 6.45) is 3.71. The first-order valence-corrected chi connectivity index (χ1v) is 13.8. The maximum absolute atomic E-state index is 13.4. The molecule has 9 heteroatoms. The van der Waals surface area contributed by atoms with Crippen LogP contribution in [0, 0.1) is 11.8 Å². The Morgan fingerprint density at radius 1 is 1.11 bits per heavy atom. The molecular formula is C26H31ClN2O5S. The van der Waals surface area contributed by atoms with Gasteiger partial charge in [0.15, 0.2) is 6.61 Å². The molecule has 1 N–H and O–H groups in total. The van der Waals surface area contributed by atoms with E-state index in [1.807, 2.05) is 24.3 Å². The number of benzene rings is 2. The van der Waals surface area contributed by atoms with Crippen LogP contribution in [0.15, 0.2) is 47.4 Å². The highest BCUT2D eigenvalue weighted by Crippen LogP contribution is 2.31. The topological polar surface area (TPSA) is 92.8 Å². The van der Waals surface area contributed by atoms with E-state index in [-0.39, 0.29) is 34.0 Å². The fourth-order valence-corrected chi connectivity index (χ4v) is 6.81. The first kappa shape index (κ1) is 25.7. The van der Waals surface area contributed by atoms with Crippen LogP contribution in [0.4, 0.5) is 0 Å². The Labute approximate surface area is 211 Å². The highest BCUT2D eigenvalue weighted by Gasteiger charge is 2.31. The van der Waals surface area contributed by atoms with Gasteiger partial charge in [0.2, 0.25) is 10.0 Å². The van der Waals surface area contributed by atoms with Crippen molar-refractivity contribution in [3.8, 4) is 0 Å². The number of carbonyl (C=O) groups is 2. The van der Waals surface area contributed by atoms with Crippen LogP contribution in [0.2, 0.25) is 5.02 Å². The van der Waals surface area contributed by atoms with E-state index in [0.29, 0.717) is 24.8 Å². The number of ether oxygens (including phenoxy) is 1. The molecule has 2 aromatic rings. The Morgan fingerprint density at radius 2 is 1.86 bits per heavy atom. The average molecular weight is 519 g/mol. The SMILES string of the molecule is CC1CCCC(NC(=O)COC(=O)c2ccc(Cl)c(S(=O)(=O)N3CCc4ccccc4C3)c2)C1C. The maximum atomic E-state index is 13.4. The molecule has 0 saturated heterocycles. The molecule has 3 unspecified atom stereocenters. The lowest BCUT2D eigenvalue weighted by Crippen LogP contribution is -2.45. The average Bonchev–Trinajstić information content (AvgIpc) is 2.85. The van der Waals surface area contributed by atoms with Crippen molar-refractivity contribution in [1.29, 1.82) is 0 Å². The highest BCUT2D eigenvalue weighted by molar-refractivity contribution is 7.89. The molecule has 2 aliphatic rings. The number of halogens is 1. The molecule has 4 rings (SSSR count). The molecule has 1 aliphatic heterocycles. The highest BCUT2D eigenvalue weighted by atomic mass is 35.5. The Kier molecular flexibility index (Phi) is 7.83. The van der Waals surface area contributed by atoms with Crippen LogP contribution < -0.4 is 5.32 Å². The van der Waals surface area contributed by atoms with Crippen molar-refractivity contribution in [3.63, 3.8) is 0 Å². The van der Waals surface area contributed by atoms with Gasteiger partial charge in [0.1, 0.15) is 4.90 Å². The number of fused-ring (bicyclic) bond motifs is 1. The van der Waals surface area contributed by atoms with Gasteiger partial charge in [-0.25, -0.2) is 13.2 Å². The van der Waals surface area contributed by atoms with Crippen molar-refractivity contribution in [2.75, 3.05) is 13.2 Å². The summed E-state index contributed by atoms with van der Waals surface area (Å²) < 4.78 is 33.3. The fourth-order valence-electron chi connectivity index (χ4n) is 4.89. The van der Waals surface area contributed by atoms with Crippen molar-refractivity contribution in [3.05, 3.63) is 64.2 Å². The number of hydrogen-bond acceptors (Lipinski definition) is 5. The summed E-state index contributed by atoms with van der Waals surface area (Å²) in [4.78, 5) is 24.9. The summed E-state index contributed by atoms with van der Waals surface area (Å²) in [6, 6.07) is 11.8. The van der Waals surface area contributed by atoms with E-state index in [1.165, 1.54) is 22.5 Å². The van der Waals surface area contributed by atoms with Crippen molar-refractivity contribution >= 4 is 33.5 Å². The number of sulfonamides is 1. The molecule has 2 aromatic carbocycles. The minimum atomic E-state index is -3.94. The Morgan fingerprint density at radius 3 is 2.63 bits per heavy atom. The minimum Gasteiger partial charge on any atom is -0.452 e. The van der Waals surface area contributed by atoms with Crippen molar-refractivity contribution in [2.24, 2.45) is 11.8 Å². The van der Waals surface area contributed by atoms with Crippen LogP contribution in [0.25, 0.3) is 0 Å². The molecule has 0 spiro atoms. The number of esters is 1. The van der Waals surface area contributed by atoms with Crippen LogP contribution in [0.5, 0.6) is 0 Å². The monoisotopic (exact) mass is 518 g/mol. The molecule has 35 heavy (non-hydrogen) atoms. The first-order valence-electron chi connectivity index (χ1n) is 12.0. The van der Waals surface area contributed by atoms with Gasteiger partial charge >= 0.3 is 5.97 Å². The third kappa shape index (κ3) is 5.71. The van der Waals surface area contributed by atoms with Crippen molar-refractivity contribution < 1.29 is 22.7 Å². The third-order valence-electron chi connectivity index (χ3n) is 7.27. The van der Waals surface area contributed by atoms with E-state index in [4.69, 9.17) is 16.3 Å². The van der Waals surface area contributed by atoms with Crippen LogP contribution in [-0.2, 0) is 32.5 Å². The Balaban J connectivity index is 1.42. The number of nitrogens with one attached hydrogen (secondary N) is 1. The zero-order chi connectivity index (χ0) is 25.2. The summed E-state index contributed by atoms with van der Waals surface area (Å²) in [6.45, 7) is 4.43. The lowest BCUT2D eigenvalue weighted by molar-refractivity contribution is -0.125. The quantitative estimate of drug-likeness (QED) is 0.579. The lowest BCUT2D eigenvalue weighted by Gasteiger charge is -2.34. The molecule has 0 bridgehead atoms. The number of amides is 1. The van der Waals surface area contributed by atoms with Gasteiger partial charge in [-0.2, -0.15) is 4.31 Å². The third-order valence-corrected chi connectivity index (χ3v) is 9.59. The second-order valence-electron chi connectivity index (χ2n) is 9.52. The zero-order valence-electron chi connectivity index (χ0n) is 20.0. The summed E-state index contributed by atoms with van der Waals surface area (Å²) >= 11 is 6.24. The van der Waals surface area contributed by atoms with Gasteiger partial charge in [-0.1, -0.05) is 62.6 Å². The van der Waals surface area contributed by atoms with Gasteiger partial charge in [0, 0.05) is 19.1 Å². The van der Waals surface area contributed by atoms with Crippen molar-refractivity contribution in [2.45, 2.75) is 57.0 Å². The van der Waals surface area contributed by atoms with Crippen LogP contribution >= 0.6 is 11.6 Å².